The Labute approximate surface area is 115 Å². The molecule has 3 saturated heterocycles. The van der Waals surface area contributed by atoms with Crippen molar-refractivity contribution in [2.24, 2.45) is 0 Å². The zero-order chi connectivity index (χ0) is 14.8. The van der Waals surface area contributed by atoms with E-state index in [9.17, 15) is 13.2 Å². The fraction of sp³-hybridized carbons (Fsp3) is 0.900. The van der Waals surface area contributed by atoms with Gasteiger partial charge in [0.15, 0.2) is 11.9 Å². The molecule has 0 amide bonds. The van der Waals surface area contributed by atoms with Gasteiger partial charge in [-0.1, -0.05) is 0 Å². The molecule has 0 aromatic carbocycles. The molecule has 0 spiro atoms. The molecule has 3 aliphatic heterocycles. The van der Waals surface area contributed by atoms with Gasteiger partial charge in [-0.05, 0) is 13.8 Å². The summed E-state index contributed by atoms with van der Waals surface area (Å²) in [5, 5.41) is 0. The van der Waals surface area contributed by atoms with Crippen LogP contribution in [0.15, 0.2) is 0 Å². The lowest BCUT2D eigenvalue weighted by molar-refractivity contribution is -0.267. The largest absolute Gasteiger partial charge is 0.465 e. The lowest BCUT2D eigenvalue weighted by Gasteiger charge is -2.28. The summed E-state index contributed by atoms with van der Waals surface area (Å²) in [4.78, 5) is 12.0. The summed E-state index contributed by atoms with van der Waals surface area (Å²) in [6, 6.07) is 0. The van der Waals surface area contributed by atoms with Gasteiger partial charge in [-0.3, -0.25) is 0 Å². The molecule has 3 fully saturated rings. The standard InChI is InChI=1S/C10H14O9S/c1-9(2)17-7-6-5(4-15-20(12,13)18-6)16-10(7,19-9)8(11)14-3/h5-7H,4H2,1-3H3/t5-,6+,7-,10+/m0/s1. The van der Waals surface area contributed by atoms with E-state index < -0.39 is 46.3 Å². The van der Waals surface area contributed by atoms with E-state index in [0.717, 1.165) is 0 Å². The molecule has 114 valence electrons. The first-order chi connectivity index (χ1) is 9.19. The molecular formula is C10H14O9S. The number of ether oxygens (including phenoxy) is 4. The number of carbonyl (C=O) groups excluding carboxylic acids is 1. The van der Waals surface area contributed by atoms with Crippen LogP contribution in [0.25, 0.3) is 0 Å². The first-order valence-corrected chi connectivity index (χ1v) is 7.24. The topological polar surface area (TPSA) is 107 Å². The van der Waals surface area contributed by atoms with E-state index in [1.54, 1.807) is 13.8 Å². The minimum Gasteiger partial charge on any atom is -0.465 e. The summed E-state index contributed by atoms with van der Waals surface area (Å²) < 4.78 is 53.4. The SMILES string of the molecule is COC(=O)[C@@]12O[C@H]3COS(=O)(=O)O[C@H]3[C@@H]1OC(C)(C)O2. The van der Waals surface area contributed by atoms with E-state index in [2.05, 4.69) is 8.92 Å². The summed E-state index contributed by atoms with van der Waals surface area (Å²) in [5.41, 5.74) is 0. The van der Waals surface area contributed by atoms with E-state index in [0.29, 0.717) is 0 Å². The molecule has 20 heavy (non-hydrogen) atoms. The highest BCUT2D eigenvalue weighted by molar-refractivity contribution is 7.81. The van der Waals surface area contributed by atoms with Crippen molar-refractivity contribution in [1.82, 2.24) is 0 Å². The molecule has 3 rings (SSSR count). The van der Waals surface area contributed by atoms with E-state index in [4.69, 9.17) is 18.4 Å². The Bertz CT molecular complexity index is 541. The van der Waals surface area contributed by atoms with Crippen LogP contribution in [-0.2, 0) is 42.5 Å². The van der Waals surface area contributed by atoms with E-state index in [1.807, 2.05) is 0 Å². The van der Waals surface area contributed by atoms with Crippen molar-refractivity contribution in [1.29, 1.82) is 0 Å². The molecule has 3 heterocycles. The summed E-state index contributed by atoms with van der Waals surface area (Å²) in [6.45, 7) is 2.86. The minimum absolute atomic E-state index is 0.282. The Hall–Kier alpha value is -0.780. The van der Waals surface area contributed by atoms with Crippen LogP contribution < -0.4 is 0 Å². The predicted octanol–water partition coefficient (Wildman–Crippen LogP) is -0.934. The van der Waals surface area contributed by atoms with Crippen LogP contribution in [0.5, 0.6) is 0 Å². The van der Waals surface area contributed by atoms with Gasteiger partial charge >= 0.3 is 22.2 Å². The Kier molecular flexibility index (Phi) is 2.92. The van der Waals surface area contributed by atoms with E-state index in [1.165, 1.54) is 7.11 Å². The molecule has 0 N–H and O–H groups in total. The Morgan fingerprint density at radius 1 is 1.30 bits per heavy atom. The van der Waals surface area contributed by atoms with Crippen LogP contribution in [0.2, 0.25) is 0 Å². The number of esters is 1. The Balaban J connectivity index is 1.99. The maximum absolute atomic E-state index is 12.0. The van der Waals surface area contributed by atoms with Gasteiger partial charge in [0.05, 0.1) is 13.7 Å². The van der Waals surface area contributed by atoms with E-state index >= 15 is 0 Å². The molecule has 0 saturated carbocycles. The van der Waals surface area contributed by atoms with Gasteiger partial charge in [0.1, 0.15) is 12.2 Å². The smallest absolute Gasteiger partial charge is 0.400 e. The molecular weight excluding hydrogens is 296 g/mol. The lowest BCUT2D eigenvalue weighted by Crippen LogP contribution is -2.49. The van der Waals surface area contributed by atoms with Gasteiger partial charge in [-0.15, -0.1) is 0 Å². The second kappa shape index (κ2) is 4.12. The first-order valence-electron chi connectivity index (χ1n) is 5.91. The second-order valence-electron chi connectivity index (χ2n) is 5.11. The molecule has 0 radical (unpaired) electrons. The fourth-order valence-corrected chi connectivity index (χ4v) is 3.45. The maximum atomic E-state index is 12.0. The van der Waals surface area contributed by atoms with Gasteiger partial charge in [0.2, 0.25) is 0 Å². The number of fused-ring (bicyclic) bond motifs is 3. The molecule has 0 aromatic heterocycles. The van der Waals surface area contributed by atoms with Crippen LogP contribution in [0.3, 0.4) is 0 Å². The summed E-state index contributed by atoms with van der Waals surface area (Å²) in [5.74, 6) is -3.81. The second-order valence-corrected chi connectivity index (χ2v) is 6.35. The number of methoxy groups -OCH3 is 1. The van der Waals surface area contributed by atoms with Crippen molar-refractivity contribution in [3.05, 3.63) is 0 Å². The van der Waals surface area contributed by atoms with Crippen LogP contribution in [-0.4, -0.2) is 58.0 Å². The Morgan fingerprint density at radius 3 is 2.65 bits per heavy atom. The quantitative estimate of drug-likeness (QED) is 0.567. The lowest BCUT2D eigenvalue weighted by atomic mass is 10.1. The van der Waals surface area contributed by atoms with Crippen molar-refractivity contribution >= 4 is 16.4 Å². The molecule has 9 nitrogen and oxygen atoms in total. The van der Waals surface area contributed by atoms with Gasteiger partial charge in [0, 0.05) is 0 Å². The van der Waals surface area contributed by atoms with E-state index in [-0.39, 0.29) is 6.61 Å². The third-order valence-electron chi connectivity index (χ3n) is 3.25. The number of carbonyl (C=O) groups is 1. The summed E-state index contributed by atoms with van der Waals surface area (Å²) >= 11 is 0. The highest BCUT2D eigenvalue weighted by Gasteiger charge is 2.72. The third-order valence-corrected chi connectivity index (χ3v) is 4.13. The van der Waals surface area contributed by atoms with Gasteiger partial charge in [0.25, 0.3) is 0 Å². The first kappa shape index (κ1) is 14.2. The molecule has 0 aliphatic carbocycles. The normalized spacial score (nSPS) is 44.6. The third kappa shape index (κ3) is 1.95. The van der Waals surface area contributed by atoms with Crippen molar-refractivity contribution in [2.45, 2.75) is 43.7 Å². The fourth-order valence-electron chi connectivity index (χ4n) is 2.60. The molecule has 0 aromatic rings. The van der Waals surface area contributed by atoms with Gasteiger partial charge in [-0.25, -0.2) is 13.2 Å². The van der Waals surface area contributed by atoms with Crippen LogP contribution in [0.1, 0.15) is 13.8 Å². The van der Waals surface area contributed by atoms with Crippen molar-refractivity contribution < 1.29 is 40.5 Å². The highest BCUT2D eigenvalue weighted by Crippen LogP contribution is 2.48. The van der Waals surface area contributed by atoms with Crippen molar-refractivity contribution in [3.63, 3.8) is 0 Å². The molecule has 0 unspecified atom stereocenters. The number of rotatable bonds is 1. The predicted molar refractivity (Wildman–Crippen MR) is 59.4 cm³/mol. The molecule has 10 heteroatoms. The summed E-state index contributed by atoms with van der Waals surface area (Å²) in [6.07, 6.45) is -2.90. The van der Waals surface area contributed by atoms with Crippen molar-refractivity contribution in [2.75, 3.05) is 13.7 Å². The van der Waals surface area contributed by atoms with Crippen molar-refractivity contribution in [3.8, 4) is 0 Å². The van der Waals surface area contributed by atoms with Crippen LogP contribution >= 0.6 is 0 Å². The maximum Gasteiger partial charge on any atom is 0.400 e. The number of hydrogen-bond donors (Lipinski definition) is 0. The number of hydrogen-bond acceptors (Lipinski definition) is 9. The average Bonchev–Trinajstić information content (AvgIpc) is 2.76. The van der Waals surface area contributed by atoms with Crippen LogP contribution in [0, 0.1) is 0 Å². The molecule has 0 bridgehead atoms. The van der Waals surface area contributed by atoms with Crippen LogP contribution in [0.4, 0.5) is 0 Å². The zero-order valence-corrected chi connectivity index (χ0v) is 11.8. The summed E-state index contributed by atoms with van der Waals surface area (Å²) in [7, 11) is -2.97. The highest BCUT2D eigenvalue weighted by atomic mass is 32.3. The Morgan fingerprint density at radius 2 is 2.00 bits per heavy atom. The monoisotopic (exact) mass is 310 g/mol. The minimum atomic E-state index is -4.14. The molecule has 4 atom stereocenters. The van der Waals surface area contributed by atoms with Gasteiger partial charge in [-0.2, -0.15) is 8.42 Å². The molecule has 3 aliphatic rings. The van der Waals surface area contributed by atoms with Gasteiger partial charge < -0.3 is 18.9 Å². The average molecular weight is 310 g/mol. The zero-order valence-electron chi connectivity index (χ0n) is 11.0.